The van der Waals surface area contributed by atoms with Crippen LogP contribution >= 0.6 is 11.6 Å². The highest BCUT2D eigenvalue weighted by molar-refractivity contribution is 6.31. The van der Waals surface area contributed by atoms with Crippen molar-refractivity contribution in [3.8, 4) is 0 Å². The molecular formula is C16H13ClN2O4. The summed E-state index contributed by atoms with van der Waals surface area (Å²) in [5.41, 5.74) is 5.87. The van der Waals surface area contributed by atoms with Crippen molar-refractivity contribution in [1.29, 1.82) is 0 Å². The molecule has 0 spiro atoms. The number of anilines is 1. The molecule has 0 fully saturated rings. The number of benzene rings is 1. The number of nitrogens with two attached hydrogens (primary N) is 1. The summed E-state index contributed by atoms with van der Waals surface area (Å²) < 4.78 is 10.8. The van der Waals surface area contributed by atoms with E-state index in [4.69, 9.17) is 26.2 Å². The molecule has 6 nitrogen and oxygen atoms in total. The molecule has 3 rings (SSSR count). The summed E-state index contributed by atoms with van der Waals surface area (Å²) in [6.45, 7) is 1.92. The molecule has 7 heteroatoms. The maximum absolute atomic E-state index is 12.3. The van der Waals surface area contributed by atoms with Crippen LogP contribution in [0.4, 0.5) is 5.69 Å². The lowest BCUT2D eigenvalue weighted by atomic mass is 10.2. The fourth-order valence-corrected chi connectivity index (χ4v) is 2.40. The highest BCUT2D eigenvalue weighted by Crippen LogP contribution is 2.33. The second kappa shape index (κ2) is 5.81. The number of hydrogen-bond acceptors (Lipinski definition) is 4. The predicted octanol–water partition coefficient (Wildman–Crippen LogP) is 3.59. The molecule has 23 heavy (non-hydrogen) atoms. The number of carbonyl (C=O) groups excluding carboxylic acids is 2. The lowest BCUT2D eigenvalue weighted by Crippen LogP contribution is -2.16. The van der Waals surface area contributed by atoms with E-state index >= 15 is 0 Å². The van der Waals surface area contributed by atoms with E-state index in [-0.39, 0.29) is 17.2 Å². The average molecular weight is 333 g/mol. The Balaban J connectivity index is 2.02. The lowest BCUT2D eigenvalue weighted by molar-refractivity contribution is 0.0977. The predicted molar refractivity (Wildman–Crippen MR) is 85.8 cm³/mol. The maximum Gasteiger partial charge on any atom is 0.291 e. The Labute approximate surface area is 136 Å². The Hall–Kier alpha value is -2.73. The van der Waals surface area contributed by atoms with Gasteiger partial charge in [0, 0.05) is 22.9 Å². The SMILES string of the molecule is CCc1ccc(C(=O)Nc2c(C(N)=O)oc3cc(Cl)ccc23)o1. The number of halogens is 1. The number of nitrogens with one attached hydrogen (secondary N) is 1. The molecule has 3 aromatic rings. The van der Waals surface area contributed by atoms with Crippen LogP contribution in [0, 0.1) is 0 Å². The molecule has 118 valence electrons. The van der Waals surface area contributed by atoms with Gasteiger partial charge in [0.1, 0.15) is 17.0 Å². The van der Waals surface area contributed by atoms with Crippen LogP contribution in [-0.4, -0.2) is 11.8 Å². The Morgan fingerprint density at radius 3 is 2.65 bits per heavy atom. The quantitative estimate of drug-likeness (QED) is 0.762. The van der Waals surface area contributed by atoms with Gasteiger partial charge >= 0.3 is 0 Å². The summed E-state index contributed by atoms with van der Waals surface area (Å²) >= 11 is 5.90. The van der Waals surface area contributed by atoms with Crippen molar-refractivity contribution in [3.63, 3.8) is 0 Å². The van der Waals surface area contributed by atoms with Crippen molar-refractivity contribution in [1.82, 2.24) is 0 Å². The standard InChI is InChI=1S/C16H13ClN2O4/c1-2-9-4-6-11(22-9)16(21)19-13-10-5-3-8(17)7-12(10)23-14(13)15(18)20/h3-7H,2H2,1H3,(H2,18,20)(H,19,21). The van der Waals surface area contributed by atoms with Gasteiger partial charge in [-0.25, -0.2) is 0 Å². The van der Waals surface area contributed by atoms with E-state index in [1.54, 1.807) is 30.3 Å². The van der Waals surface area contributed by atoms with Gasteiger partial charge in [0.2, 0.25) is 5.76 Å². The first-order valence-corrected chi connectivity index (χ1v) is 7.29. The highest BCUT2D eigenvalue weighted by Gasteiger charge is 2.22. The number of furan rings is 2. The molecule has 2 aromatic heterocycles. The van der Waals surface area contributed by atoms with Crippen molar-refractivity contribution in [2.24, 2.45) is 5.73 Å². The molecule has 0 unspecified atom stereocenters. The molecule has 0 aliphatic carbocycles. The van der Waals surface area contributed by atoms with Gasteiger partial charge in [-0.1, -0.05) is 18.5 Å². The molecule has 2 heterocycles. The van der Waals surface area contributed by atoms with E-state index in [9.17, 15) is 9.59 Å². The normalized spacial score (nSPS) is 10.9. The monoisotopic (exact) mass is 332 g/mol. The second-order valence-electron chi connectivity index (χ2n) is 4.88. The van der Waals surface area contributed by atoms with Crippen molar-refractivity contribution >= 4 is 40.1 Å². The Morgan fingerprint density at radius 1 is 1.22 bits per heavy atom. The zero-order valence-corrected chi connectivity index (χ0v) is 12.9. The van der Waals surface area contributed by atoms with Crippen LogP contribution in [0.25, 0.3) is 11.0 Å². The summed E-state index contributed by atoms with van der Waals surface area (Å²) in [4.78, 5) is 23.9. The number of hydrogen-bond donors (Lipinski definition) is 2. The minimum absolute atomic E-state index is 0.139. The summed E-state index contributed by atoms with van der Waals surface area (Å²) in [6.07, 6.45) is 0.674. The minimum Gasteiger partial charge on any atom is -0.456 e. The van der Waals surface area contributed by atoms with Crippen molar-refractivity contribution in [3.05, 3.63) is 52.6 Å². The van der Waals surface area contributed by atoms with Gasteiger partial charge < -0.3 is 19.9 Å². The molecular weight excluding hydrogens is 320 g/mol. The Bertz CT molecular complexity index is 910. The van der Waals surface area contributed by atoms with Gasteiger partial charge in [-0.2, -0.15) is 0 Å². The van der Waals surface area contributed by atoms with Crippen LogP contribution in [-0.2, 0) is 6.42 Å². The molecule has 0 atom stereocenters. The van der Waals surface area contributed by atoms with Crippen molar-refractivity contribution in [2.45, 2.75) is 13.3 Å². The summed E-state index contributed by atoms with van der Waals surface area (Å²) in [5.74, 6) is -0.598. The molecule has 0 bridgehead atoms. The number of aryl methyl sites for hydroxylation is 1. The van der Waals surface area contributed by atoms with Crippen LogP contribution < -0.4 is 11.1 Å². The average Bonchev–Trinajstić information content (AvgIpc) is 3.12. The third kappa shape index (κ3) is 2.80. The first-order chi connectivity index (χ1) is 11.0. The highest BCUT2D eigenvalue weighted by atomic mass is 35.5. The topological polar surface area (TPSA) is 98.5 Å². The Kier molecular flexibility index (Phi) is 3.83. The third-order valence-electron chi connectivity index (χ3n) is 3.35. The minimum atomic E-state index is -0.790. The molecule has 0 saturated heterocycles. The number of rotatable bonds is 4. The van der Waals surface area contributed by atoms with E-state index < -0.39 is 11.8 Å². The first kappa shape index (κ1) is 15.2. The molecule has 2 amide bonds. The van der Waals surface area contributed by atoms with Crippen LogP contribution in [0.2, 0.25) is 5.02 Å². The largest absolute Gasteiger partial charge is 0.456 e. The summed E-state index contributed by atoms with van der Waals surface area (Å²) in [7, 11) is 0. The van der Waals surface area contributed by atoms with E-state index in [1.165, 1.54) is 0 Å². The van der Waals surface area contributed by atoms with Gasteiger partial charge in [-0.3, -0.25) is 9.59 Å². The van der Waals surface area contributed by atoms with Gasteiger partial charge in [0.25, 0.3) is 11.8 Å². The summed E-state index contributed by atoms with van der Waals surface area (Å²) in [6, 6.07) is 8.10. The van der Waals surface area contributed by atoms with Crippen LogP contribution in [0.3, 0.4) is 0 Å². The molecule has 3 N–H and O–H groups in total. The third-order valence-corrected chi connectivity index (χ3v) is 3.58. The molecule has 1 aromatic carbocycles. The van der Waals surface area contributed by atoms with E-state index in [0.717, 1.165) is 0 Å². The van der Waals surface area contributed by atoms with Crippen molar-refractivity contribution < 1.29 is 18.4 Å². The maximum atomic E-state index is 12.3. The second-order valence-corrected chi connectivity index (χ2v) is 5.32. The van der Waals surface area contributed by atoms with Gasteiger partial charge in [-0.05, 0) is 24.3 Å². The van der Waals surface area contributed by atoms with E-state index in [2.05, 4.69) is 5.32 Å². The molecule has 0 aliphatic heterocycles. The molecule has 0 aliphatic rings. The smallest absolute Gasteiger partial charge is 0.291 e. The molecule has 0 saturated carbocycles. The van der Waals surface area contributed by atoms with Crippen LogP contribution in [0.1, 0.15) is 33.8 Å². The van der Waals surface area contributed by atoms with Gasteiger partial charge in [0.15, 0.2) is 5.76 Å². The van der Waals surface area contributed by atoms with E-state index in [0.29, 0.717) is 28.2 Å². The number of primary amides is 1. The van der Waals surface area contributed by atoms with Gasteiger partial charge in [0.05, 0.1) is 0 Å². The zero-order valence-electron chi connectivity index (χ0n) is 12.2. The van der Waals surface area contributed by atoms with Gasteiger partial charge in [-0.15, -0.1) is 0 Å². The van der Waals surface area contributed by atoms with Crippen molar-refractivity contribution in [2.75, 3.05) is 5.32 Å². The zero-order chi connectivity index (χ0) is 16.6. The lowest BCUT2D eigenvalue weighted by Gasteiger charge is -2.02. The summed E-state index contributed by atoms with van der Waals surface area (Å²) in [5, 5.41) is 3.59. The van der Waals surface area contributed by atoms with Crippen LogP contribution in [0.15, 0.2) is 39.2 Å². The fourth-order valence-electron chi connectivity index (χ4n) is 2.23. The molecule has 0 radical (unpaired) electrons. The number of carbonyl (C=O) groups is 2. The number of fused-ring (bicyclic) bond motifs is 1. The fraction of sp³-hybridized carbons (Fsp3) is 0.125. The van der Waals surface area contributed by atoms with Crippen LogP contribution in [0.5, 0.6) is 0 Å². The van der Waals surface area contributed by atoms with E-state index in [1.807, 2.05) is 6.92 Å². The Morgan fingerprint density at radius 2 is 2.00 bits per heavy atom. The number of amides is 2. The first-order valence-electron chi connectivity index (χ1n) is 6.91.